The Morgan fingerprint density at radius 1 is 1.45 bits per heavy atom. The molecule has 1 aromatic carbocycles. The van der Waals surface area contributed by atoms with Gasteiger partial charge in [-0.15, -0.1) is 0 Å². The summed E-state index contributed by atoms with van der Waals surface area (Å²) in [5.74, 6) is -2.28. The second kappa shape index (κ2) is 6.51. The largest absolute Gasteiger partial charge is 0.478 e. The SMILES string of the molecule is CC(C)CCNS(=O)(=O)c1cc(F)c(Cl)c(C(=O)O)c1. The van der Waals surface area contributed by atoms with Crippen LogP contribution >= 0.6 is 11.6 Å². The highest BCUT2D eigenvalue weighted by atomic mass is 35.5. The second-order valence-corrected chi connectivity index (χ2v) is 6.80. The summed E-state index contributed by atoms with van der Waals surface area (Å²) in [5.41, 5.74) is -0.587. The minimum atomic E-state index is -3.96. The van der Waals surface area contributed by atoms with Gasteiger partial charge in [-0.25, -0.2) is 22.3 Å². The molecule has 0 unspecified atom stereocenters. The van der Waals surface area contributed by atoms with Crippen molar-refractivity contribution in [2.75, 3.05) is 6.54 Å². The maximum Gasteiger partial charge on any atom is 0.337 e. The molecule has 8 heteroatoms. The highest BCUT2D eigenvalue weighted by molar-refractivity contribution is 7.89. The van der Waals surface area contributed by atoms with E-state index in [0.29, 0.717) is 18.4 Å². The van der Waals surface area contributed by atoms with E-state index in [1.54, 1.807) is 0 Å². The molecule has 1 rings (SSSR count). The van der Waals surface area contributed by atoms with Gasteiger partial charge >= 0.3 is 5.97 Å². The lowest BCUT2D eigenvalue weighted by atomic mass is 10.1. The van der Waals surface area contributed by atoms with Crippen LogP contribution in [0, 0.1) is 11.7 Å². The molecule has 20 heavy (non-hydrogen) atoms. The van der Waals surface area contributed by atoms with Crippen molar-refractivity contribution in [2.24, 2.45) is 5.92 Å². The molecule has 0 atom stereocenters. The third-order valence-corrected chi connectivity index (χ3v) is 4.38. The molecular weight excluding hydrogens is 309 g/mol. The average Bonchev–Trinajstić information content (AvgIpc) is 2.31. The Balaban J connectivity index is 3.10. The number of carboxylic acids is 1. The first-order chi connectivity index (χ1) is 9.15. The van der Waals surface area contributed by atoms with E-state index < -0.39 is 37.3 Å². The number of carboxylic acid groups (broad SMARTS) is 1. The van der Waals surface area contributed by atoms with Crippen LogP contribution in [0.15, 0.2) is 17.0 Å². The van der Waals surface area contributed by atoms with Crippen LogP contribution in [0.5, 0.6) is 0 Å². The molecule has 5 nitrogen and oxygen atoms in total. The zero-order valence-corrected chi connectivity index (χ0v) is 12.6. The van der Waals surface area contributed by atoms with E-state index in [9.17, 15) is 17.6 Å². The lowest BCUT2D eigenvalue weighted by Crippen LogP contribution is -2.26. The molecule has 0 amide bonds. The van der Waals surface area contributed by atoms with Crippen LogP contribution in [0.3, 0.4) is 0 Å². The molecule has 0 radical (unpaired) electrons. The molecule has 0 bridgehead atoms. The maximum atomic E-state index is 13.5. The minimum absolute atomic E-state index is 0.187. The van der Waals surface area contributed by atoms with Crippen LogP contribution in [0.4, 0.5) is 4.39 Å². The number of halogens is 2. The molecule has 0 heterocycles. The van der Waals surface area contributed by atoms with Crippen molar-refractivity contribution in [3.8, 4) is 0 Å². The monoisotopic (exact) mass is 323 g/mol. The zero-order chi connectivity index (χ0) is 15.5. The Hall–Kier alpha value is -1.18. The molecule has 0 saturated carbocycles. The number of aromatic carboxylic acids is 1. The summed E-state index contributed by atoms with van der Waals surface area (Å²) in [4.78, 5) is 10.4. The van der Waals surface area contributed by atoms with E-state index in [-0.39, 0.29) is 6.54 Å². The third kappa shape index (κ3) is 4.16. The van der Waals surface area contributed by atoms with E-state index in [4.69, 9.17) is 16.7 Å². The first-order valence-corrected chi connectivity index (χ1v) is 7.73. The Kier molecular flexibility index (Phi) is 5.50. The number of benzene rings is 1. The van der Waals surface area contributed by atoms with Gasteiger partial charge in [-0.05, 0) is 24.5 Å². The predicted octanol–water partition coefficient (Wildman–Crippen LogP) is 2.50. The number of carbonyl (C=O) groups is 1. The van der Waals surface area contributed by atoms with Crippen LogP contribution in [0.2, 0.25) is 5.02 Å². The number of sulfonamides is 1. The number of nitrogens with one attached hydrogen (secondary N) is 1. The number of hydrogen-bond acceptors (Lipinski definition) is 3. The second-order valence-electron chi connectivity index (χ2n) is 4.65. The summed E-state index contributed by atoms with van der Waals surface area (Å²) in [7, 11) is -3.96. The summed E-state index contributed by atoms with van der Waals surface area (Å²) in [6, 6.07) is 1.54. The van der Waals surface area contributed by atoms with Crippen molar-refractivity contribution in [3.05, 3.63) is 28.5 Å². The molecule has 112 valence electrons. The summed E-state index contributed by atoms with van der Waals surface area (Å²) >= 11 is 5.49. The summed E-state index contributed by atoms with van der Waals surface area (Å²) < 4.78 is 39.7. The quantitative estimate of drug-likeness (QED) is 0.842. The van der Waals surface area contributed by atoms with Crippen molar-refractivity contribution < 1.29 is 22.7 Å². The first-order valence-electron chi connectivity index (χ1n) is 5.87. The topological polar surface area (TPSA) is 83.5 Å². The molecule has 0 fully saturated rings. The van der Waals surface area contributed by atoms with Gasteiger partial charge in [0.2, 0.25) is 10.0 Å². The first kappa shape index (κ1) is 16.9. The van der Waals surface area contributed by atoms with Crippen LogP contribution in [0.25, 0.3) is 0 Å². The predicted molar refractivity (Wildman–Crippen MR) is 73.0 cm³/mol. The van der Waals surface area contributed by atoms with Gasteiger partial charge in [-0.1, -0.05) is 25.4 Å². The Morgan fingerprint density at radius 2 is 2.05 bits per heavy atom. The molecule has 0 spiro atoms. The highest BCUT2D eigenvalue weighted by Gasteiger charge is 2.21. The fourth-order valence-electron chi connectivity index (χ4n) is 1.44. The van der Waals surface area contributed by atoms with Gasteiger partial charge in [0, 0.05) is 6.54 Å². The van der Waals surface area contributed by atoms with Crippen LogP contribution in [-0.2, 0) is 10.0 Å². The zero-order valence-electron chi connectivity index (χ0n) is 11.0. The fourth-order valence-corrected chi connectivity index (χ4v) is 2.72. The van der Waals surface area contributed by atoms with Crippen molar-refractivity contribution >= 4 is 27.6 Å². The van der Waals surface area contributed by atoms with E-state index in [0.717, 1.165) is 6.07 Å². The third-order valence-electron chi connectivity index (χ3n) is 2.56. The van der Waals surface area contributed by atoms with Crippen LogP contribution < -0.4 is 4.72 Å². The van der Waals surface area contributed by atoms with Gasteiger partial charge in [0.1, 0.15) is 5.82 Å². The van der Waals surface area contributed by atoms with E-state index >= 15 is 0 Å². The van der Waals surface area contributed by atoms with Crippen LogP contribution in [0.1, 0.15) is 30.6 Å². The molecule has 0 aromatic heterocycles. The summed E-state index contributed by atoms with van der Waals surface area (Å²) in [6.07, 6.45) is 0.612. The number of hydrogen-bond donors (Lipinski definition) is 2. The fraction of sp³-hybridized carbons (Fsp3) is 0.417. The molecule has 2 N–H and O–H groups in total. The van der Waals surface area contributed by atoms with Crippen molar-refractivity contribution in [1.82, 2.24) is 4.72 Å². The van der Waals surface area contributed by atoms with Gasteiger partial charge in [0.25, 0.3) is 0 Å². The van der Waals surface area contributed by atoms with Gasteiger partial charge in [-0.2, -0.15) is 0 Å². The van der Waals surface area contributed by atoms with Gasteiger partial charge in [-0.3, -0.25) is 0 Å². The van der Waals surface area contributed by atoms with Crippen LogP contribution in [-0.4, -0.2) is 26.0 Å². The molecule has 0 aliphatic rings. The summed E-state index contributed by atoms with van der Waals surface area (Å²) in [6.45, 7) is 4.05. The van der Waals surface area contributed by atoms with Crippen molar-refractivity contribution in [2.45, 2.75) is 25.2 Å². The molecule has 0 aliphatic heterocycles. The Labute approximate surface area is 121 Å². The summed E-state index contributed by atoms with van der Waals surface area (Å²) in [5, 5.41) is 8.25. The van der Waals surface area contributed by atoms with Crippen molar-refractivity contribution in [3.63, 3.8) is 0 Å². The van der Waals surface area contributed by atoms with Gasteiger partial charge in [0.05, 0.1) is 15.5 Å². The van der Waals surface area contributed by atoms with E-state index in [2.05, 4.69) is 4.72 Å². The van der Waals surface area contributed by atoms with E-state index in [1.807, 2.05) is 13.8 Å². The highest BCUT2D eigenvalue weighted by Crippen LogP contribution is 2.24. The van der Waals surface area contributed by atoms with E-state index in [1.165, 1.54) is 0 Å². The lowest BCUT2D eigenvalue weighted by molar-refractivity contribution is 0.0696. The van der Waals surface area contributed by atoms with Gasteiger partial charge < -0.3 is 5.11 Å². The average molecular weight is 324 g/mol. The minimum Gasteiger partial charge on any atom is -0.478 e. The molecule has 1 aromatic rings. The molecule has 0 aliphatic carbocycles. The van der Waals surface area contributed by atoms with Crippen molar-refractivity contribution in [1.29, 1.82) is 0 Å². The molecule has 0 saturated heterocycles. The molecular formula is C12H15ClFNO4S. The maximum absolute atomic E-state index is 13.5. The lowest BCUT2D eigenvalue weighted by Gasteiger charge is -2.10. The Bertz CT molecular complexity index is 616. The smallest absolute Gasteiger partial charge is 0.337 e. The number of rotatable bonds is 6. The normalized spacial score (nSPS) is 11.8. The van der Waals surface area contributed by atoms with Gasteiger partial charge in [0.15, 0.2) is 0 Å². The standard InChI is InChI=1S/C12H15ClFNO4S/c1-7(2)3-4-15-20(18,19)8-5-9(12(16)17)11(13)10(14)6-8/h5-7,15H,3-4H2,1-2H3,(H,16,17). The Morgan fingerprint density at radius 3 is 2.55 bits per heavy atom.